The van der Waals surface area contributed by atoms with Gasteiger partial charge in [0, 0.05) is 0 Å². The van der Waals surface area contributed by atoms with Crippen molar-refractivity contribution in [2.45, 2.75) is 38.1 Å². The number of aliphatic hydroxyl groups is 1. The van der Waals surface area contributed by atoms with Crippen molar-refractivity contribution >= 4 is 5.91 Å². The minimum absolute atomic E-state index is 0.0268. The molecule has 0 saturated heterocycles. The number of hydrogen-bond donors (Lipinski definition) is 3. The third-order valence-corrected chi connectivity index (χ3v) is 3.28. The van der Waals surface area contributed by atoms with E-state index in [1.807, 2.05) is 0 Å². The van der Waals surface area contributed by atoms with Crippen LogP contribution in [0.15, 0.2) is 0 Å². The predicted molar refractivity (Wildman–Crippen MR) is 59.5 cm³/mol. The van der Waals surface area contributed by atoms with Crippen LogP contribution in [0.4, 0.5) is 0 Å². The number of hydrogen-bond acceptors (Lipinski definition) is 3. The number of aliphatic hydroxyl groups excluding tert-OH is 1. The third kappa shape index (κ3) is 3.47. The van der Waals surface area contributed by atoms with Crippen LogP contribution in [0.1, 0.15) is 32.6 Å². The van der Waals surface area contributed by atoms with Gasteiger partial charge in [-0.15, -0.1) is 0 Å². The van der Waals surface area contributed by atoms with Gasteiger partial charge in [-0.25, -0.2) is 0 Å². The van der Waals surface area contributed by atoms with Gasteiger partial charge in [0.15, 0.2) is 0 Å². The third-order valence-electron chi connectivity index (χ3n) is 3.28. The van der Waals surface area contributed by atoms with Crippen LogP contribution in [0.2, 0.25) is 0 Å². The zero-order chi connectivity index (χ0) is 11.3. The van der Waals surface area contributed by atoms with Gasteiger partial charge in [-0.3, -0.25) is 4.79 Å². The molecule has 1 aliphatic carbocycles. The summed E-state index contributed by atoms with van der Waals surface area (Å²) in [6.45, 7) is 2.59. The molecule has 1 fully saturated rings. The van der Waals surface area contributed by atoms with E-state index in [2.05, 4.69) is 17.6 Å². The molecule has 0 radical (unpaired) electrons. The largest absolute Gasteiger partial charge is 0.394 e. The standard InChI is InChI=1S/C11H22N2O2/c1-9-3-5-11(8-14,6-4-9)13-10(15)7-12-2/h9,12,14H,3-8H2,1-2H3,(H,13,15). The number of carbonyl (C=O) groups excluding carboxylic acids is 1. The van der Waals surface area contributed by atoms with Crippen molar-refractivity contribution in [2.24, 2.45) is 5.92 Å². The maximum Gasteiger partial charge on any atom is 0.234 e. The zero-order valence-corrected chi connectivity index (χ0v) is 9.68. The molecule has 1 saturated carbocycles. The fourth-order valence-corrected chi connectivity index (χ4v) is 2.14. The molecule has 15 heavy (non-hydrogen) atoms. The zero-order valence-electron chi connectivity index (χ0n) is 9.68. The van der Waals surface area contributed by atoms with E-state index in [0.29, 0.717) is 12.5 Å². The smallest absolute Gasteiger partial charge is 0.234 e. The van der Waals surface area contributed by atoms with E-state index in [1.165, 1.54) is 0 Å². The number of rotatable bonds is 4. The van der Waals surface area contributed by atoms with Crippen molar-refractivity contribution in [2.75, 3.05) is 20.2 Å². The summed E-state index contributed by atoms with van der Waals surface area (Å²) in [5, 5.41) is 15.2. The minimum Gasteiger partial charge on any atom is -0.394 e. The SMILES string of the molecule is CNCC(=O)NC1(CO)CCC(C)CC1. The molecule has 0 spiro atoms. The molecule has 0 aromatic carbocycles. The average Bonchev–Trinajstić information content (AvgIpc) is 2.22. The van der Waals surface area contributed by atoms with E-state index >= 15 is 0 Å². The summed E-state index contributed by atoms with van der Waals surface area (Å²) in [7, 11) is 1.74. The lowest BCUT2D eigenvalue weighted by molar-refractivity contribution is -0.123. The maximum absolute atomic E-state index is 11.5. The Balaban J connectivity index is 2.49. The highest BCUT2D eigenvalue weighted by Crippen LogP contribution is 2.31. The molecule has 0 bridgehead atoms. The van der Waals surface area contributed by atoms with Gasteiger partial charge in [0.05, 0.1) is 18.7 Å². The van der Waals surface area contributed by atoms with Crippen molar-refractivity contribution < 1.29 is 9.90 Å². The first-order chi connectivity index (χ1) is 7.12. The molecule has 0 aromatic rings. The lowest BCUT2D eigenvalue weighted by Gasteiger charge is -2.38. The van der Waals surface area contributed by atoms with E-state index in [9.17, 15) is 9.90 Å². The second kappa shape index (κ2) is 5.47. The molecule has 1 rings (SSSR count). The van der Waals surface area contributed by atoms with Crippen molar-refractivity contribution in [1.82, 2.24) is 10.6 Å². The Hall–Kier alpha value is -0.610. The molecule has 3 N–H and O–H groups in total. The van der Waals surface area contributed by atoms with Crippen molar-refractivity contribution in [3.8, 4) is 0 Å². The summed E-state index contributed by atoms with van der Waals surface area (Å²) in [5.41, 5.74) is -0.361. The van der Waals surface area contributed by atoms with Gasteiger partial charge in [0.2, 0.25) is 5.91 Å². The molecule has 1 amide bonds. The fourth-order valence-electron chi connectivity index (χ4n) is 2.14. The van der Waals surface area contributed by atoms with E-state index in [4.69, 9.17) is 0 Å². The highest BCUT2D eigenvalue weighted by Gasteiger charge is 2.34. The van der Waals surface area contributed by atoms with Crippen LogP contribution in [-0.4, -0.2) is 36.8 Å². The Labute approximate surface area is 91.4 Å². The number of carbonyl (C=O) groups is 1. The Kier molecular flexibility index (Phi) is 4.54. The lowest BCUT2D eigenvalue weighted by atomic mass is 9.77. The monoisotopic (exact) mass is 214 g/mol. The maximum atomic E-state index is 11.5. The van der Waals surface area contributed by atoms with Gasteiger partial charge < -0.3 is 15.7 Å². The summed E-state index contributed by atoms with van der Waals surface area (Å²) in [6, 6.07) is 0. The topological polar surface area (TPSA) is 61.4 Å². The first-order valence-corrected chi connectivity index (χ1v) is 5.68. The molecular formula is C11H22N2O2. The Bertz CT molecular complexity index is 211. The Morgan fingerprint density at radius 1 is 1.47 bits per heavy atom. The van der Waals surface area contributed by atoms with Crippen LogP contribution in [0.5, 0.6) is 0 Å². The van der Waals surface area contributed by atoms with Crippen LogP contribution in [0.3, 0.4) is 0 Å². The highest BCUT2D eigenvalue weighted by molar-refractivity contribution is 5.78. The molecule has 1 aliphatic rings. The van der Waals surface area contributed by atoms with Crippen LogP contribution < -0.4 is 10.6 Å². The van der Waals surface area contributed by atoms with Gasteiger partial charge >= 0.3 is 0 Å². The number of amides is 1. The van der Waals surface area contributed by atoms with Gasteiger partial charge in [0.25, 0.3) is 0 Å². The summed E-state index contributed by atoms with van der Waals surface area (Å²) >= 11 is 0. The molecule has 4 nitrogen and oxygen atoms in total. The normalized spacial score (nSPS) is 31.3. The highest BCUT2D eigenvalue weighted by atomic mass is 16.3. The first kappa shape index (κ1) is 12.5. The van der Waals surface area contributed by atoms with E-state index in [0.717, 1.165) is 25.7 Å². The molecule has 0 heterocycles. The van der Waals surface area contributed by atoms with Crippen molar-refractivity contribution in [1.29, 1.82) is 0 Å². The second-order valence-electron chi connectivity index (χ2n) is 4.70. The van der Waals surface area contributed by atoms with E-state index in [-0.39, 0.29) is 18.1 Å². The fraction of sp³-hybridized carbons (Fsp3) is 0.909. The Morgan fingerprint density at radius 2 is 2.07 bits per heavy atom. The molecule has 0 unspecified atom stereocenters. The summed E-state index contributed by atoms with van der Waals surface area (Å²) < 4.78 is 0. The van der Waals surface area contributed by atoms with Gasteiger partial charge in [-0.05, 0) is 38.6 Å². The van der Waals surface area contributed by atoms with Crippen LogP contribution >= 0.6 is 0 Å². The summed E-state index contributed by atoms with van der Waals surface area (Å²) in [5.74, 6) is 0.687. The summed E-state index contributed by atoms with van der Waals surface area (Å²) in [4.78, 5) is 11.5. The molecule has 4 heteroatoms. The predicted octanol–water partition coefficient (Wildman–Crippen LogP) is 0.263. The molecule has 0 atom stereocenters. The van der Waals surface area contributed by atoms with Crippen LogP contribution in [0, 0.1) is 5.92 Å². The molecular weight excluding hydrogens is 192 g/mol. The molecule has 0 aromatic heterocycles. The van der Waals surface area contributed by atoms with Gasteiger partial charge in [-0.2, -0.15) is 0 Å². The second-order valence-corrected chi connectivity index (χ2v) is 4.70. The van der Waals surface area contributed by atoms with Gasteiger partial charge in [-0.1, -0.05) is 6.92 Å². The molecule has 88 valence electrons. The van der Waals surface area contributed by atoms with Crippen molar-refractivity contribution in [3.63, 3.8) is 0 Å². The van der Waals surface area contributed by atoms with E-state index < -0.39 is 0 Å². The van der Waals surface area contributed by atoms with E-state index in [1.54, 1.807) is 7.05 Å². The van der Waals surface area contributed by atoms with Crippen molar-refractivity contribution in [3.05, 3.63) is 0 Å². The van der Waals surface area contributed by atoms with Crippen LogP contribution in [-0.2, 0) is 4.79 Å². The average molecular weight is 214 g/mol. The van der Waals surface area contributed by atoms with Crippen LogP contribution in [0.25, 0.3) is 0 Å². The first-order valence-electron chi connectivity index (χ1n) is 5.68. The number of likely N-dealkylation sites (N-methyl/N-ethyl adjacent to an activating group) is 1. The minimum atomic E-state index is -0.361. The van der Waals surface area contributed by atoms with Gasteiger partial charge in [0.1, 0.15) is 0 Å². The lowest BCUT2D eigenvalue weighted by Crippen LogP contribution is -2.54. The quantitative estimate of drug-likeness (QED) is 0.629. The summed E-state index contributed by atoms with van der Waals surface area (Å²) in [6.07, 6.45) is 3.95. The number of nitrogens with one attached hydrogen (secondary N) is 2. The molecule has 0 aliphatic heterocycles. The Morgan fingerprint density at radius 3 is 2.53 bits per heavy atom.